The topological polar surface area (TPSA) is 50.7 Å². The van der Waals surface area contributed by atoms with Gasteiger partial charge in [-0.15, -0.1) is 0 Å². The second kappa shape index (κ2) is 4.96. The second-order valence-corrected chi connectivity index (χ2v) is 4.97. The molecule has 4 nitrogen and oxygen atoms in total. The number of rotatable bonds is 2. The van der Waals surface area contributed by atoms with Gasteiger partial charge < -0.3 is 5.32 Å². The van der Waals surface area contributed by atoms with Crippen LogP contribution in [0.4, 0.5) is 5.82 Å². The highest BCUT2D eigenvalue weighted by molar-refractivity contribution is 5.59. The number of nitrogens with zero attached hydrogens (tertiary/aromatic N) is 3. The van der Waals surface area contributed by atoms with Crippen molar-refractivity contribution in [3.63, 3.8) is 0 Å². The van der Waals surface area contributed by atoms with E-state index in [-0.39, 0.29) is 0 Å². The lowest BCUT2D eigenvalue weighted by atomic mass is 9.96. The van der Waals surface area contributed by atoms with Gasteiger partial charge in [0.25, 0.3) is 0 Å². The fourth-order valence-corrected chi connectivity index (χ4v) is 2.53. The summed E-state index contributed by atoms with van der Waals surface area (Å²) in [5, 5.41) is 3.21. The minimum atomic E-state index is 0.775. The Balaban J connectivity index is 2.09. The van der Waals surface area contributed by atoms with Gasteiger partial charge in [0, 0.05) is 35.8 Å². The first-order valence-corrected chi connectivity index (χ1v) is 6.78. The normalized spacial score (nSPS) is 14.0. The van der Waals surface area contributed by atoms with E-state index in [0.29, 0.717) is 0 Å². The van der Waals surface area contributed by atoms with Crippen molar-refractivity contribution in [3.8, 4) is 11.4 Å². The van der Waals surface area contributed by atoms with Gasteiger partial charge in [-0.25, -0.2) is 9.97 Å². The molecule has 0 spiro atoms. The predicted octanol–water partition coefficient (Wildman–Crippen LogP) is 2.77. The molecule has 2 aromatic rings. The number of hydrogen-bond acceptors (Lipinski definition) is 4. The van der Waals surface area contributed by atoms with Crippen LogP contribution in [0.25, 0.3) is 11.4 Å². The molecule has 0 radical (unpaired) electrons. The Morgan fingerprint density at radius 3 is 2.68 bits per heavy atom. The van der Waals surface area contributed by atoms with Gasteiger partial charge in [0.1, 0.15) is 5.82 Å². The number of hydrogen-bond donors (Lipinski definition) is 1. The Morgan fingerprint density at radius 1 is 1.11 bits per heavy atom. The van der Waals surface area contributed by atoms with Gasteiger partial charge in [-0.1, -0.05) is 0 Å². The van der Waals surface area contributed by atoms with E-state index < -0.39 is 0 Å². The number of aromatic nitrogens is 3. The molecule has 1 aliphatic rings. The molecule has 0 unspecified atom stereocenters. The monoisotopic (exact) mass is 254 g/mol. The van der Waals surface area contributed by atoms with Crippen LogP contribution in [0.3, 0.4) is 0 Å². The lowest BCUT2D eigenvalue weighted by Crippen LogP contribution is -2.12. The Labute approximate surface area is 113 Å². The molecule has 19 heavy (non-hydrogen) atoms. The summed E-state index contributed by atoms with van der Waals surface area (Å²) in [4.78, 5) is 13.7. The number of aryl methyl sites for hydroxylation is 2. The highest BCUT2D eigenvalue weighted by atomic mass is 15.0. The van der Waals surface area contributed by atoms with Crippen LogP contribution in [0.1, 0.15) is 29.8 Å². The van der Waals surface area contributed by atoms with Crippen molar-refractivity contribution in [2.24, 2.45) is 0 Å². The van der Waals surface area contributed by atoms with Crippen LogP contribution >= 0.6 is 0 Å². The van der Waals surface area contributed by atoms with E-state index in [2.05, 4.69) is 15.3 Å². The molecular weight excluding hydrogens is 236 g/mol. The van der Waals surface area contributed by atoms with Crippen LogP contribution in [0.15, 0.2) is 18.3 Å². The fraction of sp³-hybridized carbons (Fsp3) is 0.400. The van der Waals surface area contributed by atoms with E-state index in [0.717, 1.165) is 35.7 Å². The molecule has 4 heteroatoms. The van der Waals surface area contributed by atoms with Crippen molar-refractivity contribution in [1.29, 1.82) is 0 Å². The SMILES string of the molecule is CNc1nc(-c2ccc(C)nc2)nc2c1CCCC2. The van der Waals surface area contributed by atoms with Crippen LogP contribution in [-0.2, 0) is 12.8 Å². The fourth-order valence-electron chi connectivity index (χ4n) is 2.53. The Hall–Kier alpha value is -1.97. The third kappa shape index (κ3) is 2.30. The molecule has 0 amide bonds. The summed E-state index contributed by atoms with van der Waals surface area (Å²) in [6, 6.07) is 4.03. The maximum absolute atomic E-state index is 4.73. The number of fused-ring (bicyclic) bond motifs is 1. The number of pyridine rings is 1. The minimum Gasteiger partial charge on any atom is -0.373 e. The van der Waals surface area contributed by atoms with Gasteiger partial charge in [0.05, 0.1) is 0 Å². The Morgan fingerprint density at radius 2 is 1.95 bits per heavy atom. The summed E-state index contributed by atoms with van der Waals surface area (Å²) in [7, 11) is 1.92. The summed E-state index contributed by atoms with van der Waals surface area (Å²) >= 11 is 0. The van der Waals surface area contributed by atoms with Crippen molar-refractivity contribution in [2.45, 2.75) is 32.6 Å². The first kappa shape index (κ1) is 12.1. The third-order valence-corrected chi connectivity index (χ3v) is 3.59. The molecular formula is C15H18N4. The number of anilines is 1. The van der Waals surface area contributed by atoms with Gasteiger partial charge in [-0.2, -0.15) is 0 Å². The molecule has 0 fully saturated rings. The Kier molecular flexibility index (Phi) is 3.15. The maximum atomic E-state index is 4.73. The zero-order chi connectivity index (χ0) is 13.2. The van der Waals surface area contributed by atoms with E-state index in [4.69, 9.17) is 4.98 Å². The summed E-state index contributed by atoms with van der Waals surface area (Å²) in [6.07, 6.45) is 6.44. The zero-order valence-electron chi connectivity index (χ0n) is 11.4. The predicted molar refractivity (Wildman–Crippen MR) is 76.2 cm³/mol. The summed E-state index contributed by atoms with van der Waals surface area (Å²) in [5.74, 6) is 1.75. The smallest absolute Gasteiger partial charge is 0.163 e. The van der Waals surface area contributed by atoms with E-state index in [1.54, 1.807) is 0 Å². The molecule has 0 saturated heterocycles. The van der Waals surface area contributed by atoms with E-state index >= 15 is 0 Å². The van der Waals surface area contributed by atoms with E-state index in [1.807, 2.05) is 32.3 Å². The summed E-state index contributed by atoms with van der Waals surface area (Å²) < 4.78 is 0. The van der Waals surface area contributed by atoms with Crippen LogP contribution in [-0.4, -0.2) is 22.0 Å². The van der Waals surface area contributed by atoms with Gasteiger partial charge in [0.2, 0.25) is 0 Å². The molecule has 0 saturated carbocycles. The molecule has 0 bridgehead atoms. The maximum Gasteiger partial charge on any atom is 0.163 e. The van der Waals surface area contributed by atoms with E-state index in [1.165, 1.54) is 24.1 Å². The zero-order valence-corrected chi connectivity index (χ0v) is 11.4. The quantitative estimate of drug-likeness (QED) is 0.895. The van der Waals surface area contributed by atoms with Gasteiger partial charge in [-0.05, 0) is 44.7 Å². The van der Waals surface area contributed by atoms with Crippen LogP contribution in [0, 0.1) is 6.92 Å². The van der Waals surface area contributed by atoms with Crippen LogP contribution in [0.2, 0.25) is 0 Å². The van der Waals surface area contributed by atoms with Crippen molar-refractivity contribution >= 4 is 5.82 Å². The molecule has 1 aliphatic carbocycles. The minimum absolute atomic E-state index is 0.775. The molecule has 0 aliphatic heterocycles. The molecule has 0 aromatic carbocycles. The van der Waals surface area contributed by atoms with Crippen molar-refractivity contribution in [2.75, 3.05) is 12.4 Å². The first-order valence-electron chi connectivity index (χ1n) is 6.78. The summed E-state index contributed by atoms with van der Waals surface area (Å²) in [6.45, 7) is 1.98. The average Bonchev–Trinajstić information content (AvgIpc) is 2.47. The molecule has 0 atom stereocenters. The molecule has 2 aromatic heterocycles. The molecule has 3 rings (SSSR count). The van der Waals surface area contributed by atoms with Crippen molar-refractivity contribution in [3.05, 3.63) is 35.3 Å². The lowest BCUT2D eigenvalue weighted by Gasteiger charge is -2.18. The van der Waals surface area contributed by atoms with Gasteiger partial charge in [0.15, 0.2) is 5.82 Å². The third-order valence-electron chi connectivity index (χ3n) is 3.59. The highest BCUT2D eigenvalue weighted by Crippen LogP contribution is 2.27. The second-order valence-electron chi connectivity index (χ2n) is 4.97. The number of nitrogens with one attached hydrogen (secondary N) is 1. The molecule has 2 heterocycles. The lowest BCUT2D eigenvalue weighted by molar-refractivity contribution is 0.665. The van der Waals surface area contributed by atoms with Crippen LogP contribution < -0.4 is 5.32 Å². The van der Waals surface area contributed by atoms with Gasteiger partial charge in [-0.3, -0.25) is 4.98 Å². The van der Waals surface area contributed by atoms with Crippen molar-refractivity contribution in [1.82, 2.24) is 15.0 Å². The summed E-state index contributed by atoms with van der Waals surface area (Å²) in [5.41, 5.74) is 4.48. The highest BCUT2D eigenvalue weighted by Gasteiger charge is 2.17. The first-order chi connectivity index (χ1) is 9.28. The molecule has 98 valence electrons. The van der Waals surface area contributed by atoms with Crippen LogP contribution in [0.5, 0.6) is 0 Å². The van der Waals surface area contributed by atoms with E-state index in [9.17, 15) is 0 Å². The average molecular weight is 254 g/mol. The Bertz CT molecular complexity index is 573. The van der Waals surface area contributed by atoms with Crippen molar-refractivity contribution < 1.29 is 0 Å². The largest absolute Gasteiger partial charge is 0.373 e. The van der Waals surface area contributed by atoms with Gasteiger partial charge >= 0.3 is 0 Å². The molecule has 1 N–H and O–H groups in total. The standard InChI is InChI=1S/C15H18N4/c1-10-7-8-11(9-17-10)14-18-13-6-4-3-5-12(13)15(16-2)19-14/h7-9H,3-6H2,1-2H3,(H,16,18,19).